The highest BCUT2D eigenvalue weighted by Gasteiger charge is 2.36. The second-order valence-corrected chi connectivity index (χ2v) is 7.25. The molecule has 26 heavy (non-hydrogen) atoms. The van der Waals surface area contributed by atoms with Crippen molar-refractivity contribution in [3.63, 3.8) is 0 Å². The van der Waals surface area contributed by atoms with Crippen molar-refractivity contribution in [2.75, 3.05) is 19.8 Å². The van der Waals surface area contributed by atoms with E-state index in [-0.39, 0.29) is 29.6 Å². The fourth-order valence-electron chi connectivity index (χ4n) is 2.78. The second kappa shape index (κ2) is 6.73. The zero-order valence-electron chi connectivity index (χ0n) is 14.6. The molecule has 1 aliphatic heterocycles. The molecule has 1 unspecified atom stereocenters. The van der Waals surface area contributed by atoms with Crippen LogP contribution in [-0.4, -0.2) is 62.0 Å². The molecule has 3 rings (SSSR count). The van der Waals surface area contributed by atoms with Crippen molar-refractivity contribution < 1.29 is 24.2 Å². The lowest BCUT2D eigenvalue weighted by molar-refractivity contribution is -0.0348. The van der Waals surface area contributed by atoms with Gasteiger partial charge in [-0.05, 0) is 20.8 Å². The Morgan fingerprint density at radius 1 is 1.42 bits per heavy atom. The Kier molecular flexibility index (Phi) is 4.76. The van der Waals surface area contributed by atoms with Crippen LogP contribution in [0.1, 0.15) is 42.9 Å². The molecule has 1 saturated heterocycles. The molecule has 9 nitrogen and oxygen atoms in total. The lowest BCUT2D eigenvalue weighted by atomic mass is 10.1. The van der Waals surface area contributed by atoms with Crippen molar-refractivity contribution in [3.8, 4) is 0 Å². The van der Waals surface area contributed by atoms with E-state index in [1.54, 1.807) is 20.8 Å². The van der Waals surface area contributed by atoms with E-state index in [1.165, 1.54) is 21.7 Å². The van der Waals surface area contributed by atoms with Gasteiger partial charge in [0.25, 0.3) is 0 Å². The molecular formula is C16H19ClN4O5. The van der Waals surface area contributed by atoms with E-state index in [2.05, 4.69) is 10.1 Å². The summed E-state index contributed by atoms with van der Waals surface area (Å²) in [5, 5.41) is 13.9. The molecule has 1 amide bonds. The minimum atomic E-state index is -1.18. The average Bonchev–Trinajstić information content (AvgIpc) is 2.92. The summed E-state index contributed by atoms with van der Waals surface area (Å²) in [6.07, 6.45) is 0.678. The number of carboxylic acids is 1. The summed E-state index contributed by atoms with van der Waals surface area (Å²) in [5.74, 6) is -1.18. The number of aromatic nitrogens is 3. The lowest BCUT2D eigenvalue weighted by Crippen LogP contribution is -2.46. The number of nitrogens with zero attached hydrogens (tertiary/aromatic N) is 4. The highest BCUT2D eigenvalue weighted by Crippen LogP contribution is 2.29. The highest BCUT2D eigenvalue weighted by atomic mass is 35.5. The van der Waals surface area contributed by atoms with E-state index in [1.807, 2.05) is 0 Å². The van der Waals surface area contributed by atoms with Gasteiger partial charge >= 0.3 is 12.1 Å². The Balaban J connectivity index is 2.11. The summed E-state index contributed by atoms with van der Waals surface area (Å²) in [7, 11) is 0. The van der Waals surface area contributed by atoms with E-state index in [0.717, 1.165) is 0 Å². The van der Waals surface area contributed by atoms with Gasteiger partial charge in [-0.1, -0.05) is 11.6 Å². The van der Waals surface area contributed by atoms with Crippen LogP contribution in [0.5, 0.6) is 0 Å². The van der Waals surface area contributed by atoms with Gasteiger partial charge in [-0.3, -0.25) is 4.90 Å². The number of carboxylic acid groups (broad SMARTS) is 1. The van der Waals surface area contributed by atoms with E-state index in [9.17, 15) is 14.7 Å². The van der Waals surface area contributed by atoms with Crippen LogP contribution in [0, 0.1) is 0 Å². The molecule has 0 spiro atoms. The van der Waals surface area contributed by atoms with E-state index < -0.39 is 23.7 Å². The predicted octanol–water partition coefficient (Wildman–Crippen LogP) is 2.39. The third-order valence-corrected chi connectivity index (χ3v) is 3.98. The van der Waals surface area contributed by atoms with Crippen molar-refractivity contribution in [2.45, 2.75) is 32.4 Å². The largest absolute Gasteiger partial charge is 0.478 e. The van der Waals surface area contributed by atoms with E-state index in [4.69, 9.17) is 21.1 Å². The summed E-state index contributed by atoms with van der Waals surface area (Å²) in [6, 6.07) is 0.809. The molecule has 3 heterocycles. The second-order valence-electron chi connectivity index (χ2n) is 6.86. The summed E-state index contributed by atoms with van der Waals surface area (Å²) < 4.78 is 12.3. The fraction of sp³-hybridized carbons (Fsp3) is 0.500. The lowest BCUT2D eigenvalue weighted by Gasteiger charge is -2.37. The molecule has 0 bridgehead atoms. The van der Waals surface area contributed by atoms with Crippen LogP contribution in [0.4, 0.5) is 4.79 Å². The van der Waals surface area contributed by atoms with Crippen LogP contribution in [0.25, 0.3) is 5.65 Å². The quantitative estimate of drug-likeness (QED) is 0.849. The number of carbonyl (C=O) groups excluding carboxylic acids is 1. The van der Waals surface area contributed by atoms with Crippen LogP contribution in [0.15, 0.2) is 12.3 Å². The van der Waals surface area contributed by atoms with E-state index in [0.29, 0.717) is 12.3 Å². The number of carbonyl (C=O) groups is 2. The fourth-order valence-corrected chi connectivity index (χ4v) is 2.95. The Bertz CT molecular complexity index is 860. The molecule has 1 atom stereocenters. The minimum Gasteiger partial charge on any atom is -0.478 e. The van der Waals surface area contributed by atoms with Crippen LogP contribution in [0.2, 0.25) is 5.15 Å². The topological polar surface area (TPSA) is 106 Å². The number of aromatic carboxylic acids is 1. The molecule has 1 N–H and O–H groups in total. The van der Waals surface area contributed by atoms with Gasteiger partial charge < -0.3 is 14.6 Å². The zero-order chi connectivity index (χ0) is 19.1. The Labute approximate surface area is 154 Å². The molecule has 1 aliphatic rings. The SMILES string of the molecule is CC(C)(C)OC(=O)N1CCOCC1c1c(C(=O)O)cnc2cc(Cl)nn12. The first-order valence-electron chi connectivity index (χ1n) is 8.02. The Hall–Kier alpha value is -2.39. The maximum atomic E-state index is 12.6. The number of hydrogen-bond donors (Lipinski definition) is 1. The summed E-state index contributed by atoms with van der Waals surface area (Å²) in [4.78, 5) is 29.9. The highest BCUT2D eigenvalue weighted by molar-refractivity contribution is 6.29. The van der Waals surface area contributed by atoms with Gasteiger partial charge in [-0.25, -0.2) is 19.1 Å². The van der Waals surface area contributed by atoms with Gasteiger partial charge in [0.15, 0.2) is 10.8 Å². The Morgan fingerprint density at radius 2 is 2.15 bits per heavy atom. The van der Waals surface area contributed by atoms with Crippen LogP contribution in [0.3, 0.4) is 0 Å². The molecule has 0 aliphatic carbocycles. The summed E-state index contributed by atoms with van der Waals surface area (Å²) >= 11 is 5.96. The molecule has 0 saturated carbocycles. The predicted molar refractivity (Wildman–Crippen MR) is 91.5 cm³/mol. The van der Waals surface area contributed by atoms with Crippen LogP contribution < -0.4 is 0 Å². The third kappa shape index (κ3) is 3.58. The minimum absolute atomic E-state index is 0.0821. The summed E-state index contributed by atoms with van der Waals surface area (Å²) in [5.41, 5.74) is -0.121. The van der Waals surface area contributed by atoms with Crippen molar-refractivity contribution in [1.29, 1.82) is 0 Å². The number of morpholine rings is 1. The van der Waals surface area contributed by atoms with Gasteiger partial charge in [0.2, 0.25) is 0 Å². The normalized spacial score (nSPS) is 18.2. The molecule has 2 aromatic heterocycles. The summed E-state index contributed by atoms with van der Waals surface area (Å²) in [6.45, 7) is 5.99. The van der Waals surface area contributed by atoms with Crippen molar-refractivity contribution in [3.05, 3.63) is 28.7 Å². The first-order valence-corrected chi connectivity index (χ1v) is 8.40. The first-order chi connectivity index (χ1) is 12.2. The van der Waals surface area contributed by atoms with Crippen molar-refractivity contribution >= 4 is 29.3 Å². The molecule has 1 fully saturated rings. The van der Waals surface area contributed by atoms with Gasteiger partial charge in [0.1, 0.15) is 17.2 Å². The van der Waals surface area contributed by atoms with Gasteiger partial charge in [-0.15, -0.1) is 0 Å². The molecule has 2 aromatic rings. The van der Waals surface area contributed by atoms with Gasteiger partial charge in [0, 0.05) is 18.8 Å². The van der Waals surface area contributed by atoms with Crippen molar-refractivity contribution in [2.24, 2.45) is 0 Å². The van der Waals surface area contributed by atoms with Gasteiger partial charge in [0.05, 0.1) is 18.9 Å². The smallest absolute Gasteiger partial charge is 0.411 e. The number of ether oxygens (including phenoxy) is 2. The number of rotatable bonds is 2. The van der Waals surface area contributed by atoms with Gasteiger partial charge in [-0.2, -0.15) is 5.10 Å². The molecular weight excluding hydrogens is 364 g/mol. The number of halogens is 1. The zero-order valence-corrected chi connectivity index (χ0v) is 15.4. The Morgan fingerprint density at radius 3 is 2.81 bits per heavy atom. The first kappa shape index (κ1) is 18.4. The standard InChI is InChI=1S/C16H19ClN4O5/c1-16(2,3)26-15(24)20-4-5-25-8-10(20)13-9(14(22)23)7-18-12-6-11(17)19-21(12)13/h6-7,10H,4-5,8H2,1-3H3,(H,22,23). The number of fused-ring (bicyclic) bond motifs is 1. The molecule has 0 aromatic carbocycles. The maximum absolute atomic E-state index is 12.6. The number of hydrogen-bond acceptors (Lipinski definition) is 6. The van der Waals surface area contributed by atoms with Crippen LogP contribution in [-0.2, 0) is 9.47 Å². The monoisotopic (exact) mass is 382 g/mol. The van der Waals surface area contributed by atoms with Crippen molar-refractivity contribution in [1.82, 2.24) is 19.5 Å². The number of amides is 1. The molecule has 10 heteroatoms. The average molecular weight is 383 g/mol. The maximum Gasteiger partial charge on any atom is 0.411 e. The van der Waals surface area contributed by atoms with Crippen LogP contribution >= 0.6 is 11.6 Å². The third-order valence-electron chi connectivity index (χ3n) is 3.79. The molecule has 0 radical (unpaired) electrons. The molecule has 140 valence electrons. The van der Waals surface area contributed by atoms with E-state index >= 15 is 0 Å².